The van der Waals surface area contributed by atoms with Crippen LogP contribution in [0.4, 0.5) is 0 Å². The molecular weight excluding hydrogens is 346 g/mol. The van der Waals surface area contributed by atoms with Gasteiger partial charge in [-0.25, -0.2) is 0 Å². The number of fused-ring (bicyclic) bond motifs is 1. The highest BCUT2D eigenvalue weighted by atomic mass is 16.5. The third kappa shape index (κ3) is 4.88. The van der Waals surface area contributed by atoms with E-state index in [0.717, 1.165) is 33.4 Å². The molecule has 0 unspecified atom stereocenters. The van der Waals surface area contributed by atoms with Crippen LogP contribution in [0.3, 0.4) is 0 Å². The van der Waals surface area contributed by atoms with Crippen LogP contribution in [0.1, 0.15) is 16.7 Å². The number of benzene rings is 2. The van der Waals surface area contributed by atoms with E-state index in [4.69, 9.17) is 13.9 Å². The zero-order chi connectivity index (χ0) is 19.2. The number of esters is 1. The summed E-state index contributed by atoms with van der Waals surface area (Å²) in [6, 6.07) is 13.2. The minimum absolute atomic E-state index is 0.0548. The molecule has 3 aromatic rings. The van der Waals surface area contributed by atoms with Gasteiger partial charge in [0.05, 0.1) is 19.8 Å². The van der Waals surface area contributed by atoms with Gasteiger partial charge < -0.3 is 19.2 Å². The summed E-state index contributed by atoms with van der Waals surface area (Å²) < 4.78 is 15.7. The molecule has 0 aliphatic heterocycles. The predicted octanol–water partition coefficient (Wildman–Crippen LogP) is 3.15. The van der Waals surface area contributed by atoms with Crippen molar-refractivity contribution in [2.45, 2.75) is 19.9 Å². The fourth-order valence-corrected chi connectivity index (χ4v) is 2.71. The number of hydrogen-bond acceptors (Lipinski definition) is 5. The van der Waals surface area contributed by atoms with Crippen molar-refractivity contribution in [1.82, 2.24) is 5.32 Å². The fraction of sp³-hybridized carbons (Fsp3) is 0.238. The molecular formula is C21H21NO5. The van der Waals surface area contributed by atoms with Crippen molar-refractivity contribution in [3.8, 4) is 5.75 Å². The van der Waals surface area contributed by atoms with Gasteiger partial charge in [-0.2, -0.15) is 0 Å². The third-order valence-corrected chi connectivity index (χ3v) is 4.13. The molecule has 27 heavy (non-hydrogen) atoms. The molecule has 0 aliphatic carbocycles. The summed E-state index contributed by atoms with van der Waals surface area (Å²) in [6.45, 7) is 1.98. The van der Waals surface area contributed by atoms with Crippen molar-refractivity contribution in [2.24, 2.45) is 0 Å². The van der Waals surface area contributed by atoms with Gasteiger partial charge in [-0.05, 0) is 36.2 Å². The zero-order valence-electron chi connectivity index (χ0n) is 15.3. The van der Waals surface area contributed by atoms with Crippen LogP contribution >= 0.6 is 0 Å². The second-order valence-corrected chi connectivity index (χ2v) is 6.23. The van der Waals surface area contributed by atoms with E-state index in [1.165, 1.54) is 0 Å². The Morgan fingerprint density at radius 1 is 1.15 bits per heavy atom. The number of methoxy groups -OCH3 is 1. The van der Waals surface area contributed by atoms with Crippen LogP contribution in [-0.2, 0) is 27.3 Å². The largest absolute Gasteiger partial charge is 0.497 e. The van der Waals surface area contributed by atoms with Gasteiger partial charge in [-0.15, -0.1) is 0 Å². The van der Waals surface area contributed by atoms with Crippen molar-refractivity contribution in [3.63, 3.8) is 0 Å². The Balaban J connectivity index is 1.47. The molecule has 0 saturated heterocycles. The second kappa shape index (κ2) is 8.40. The lowest BCUT2D eigenvalue weighted by molar-refractivity contribution is -0.147. The molecule has 0 spiro atoms. The molecule has 0 aliphatic rings. The predicted molar refractivity (Wildman–Crippen MR) is 100 cm³/mol. The number of furan rings is 1. The monoisotopic (exact) mass is 367 g/mol. The van der Waals surface area contributed by atoms with Crippen molar-refractivity contribution >= 4 is 22.8 Å². The summed E-state index contributed by atoms with van der Waals surface area (Å²) in [5.74, 6) is -0.121. The first-order chi connectivity index (χ1) is 13.0. The van der Waals surface area contributed by atoms with Gasteiger partial charge in [-0.1, -0.05) is 24.3 Å². The standard InChI is InChI=1S/C21H21NO5/c1-14-6-7-18-16(12-26-19(18)8-14)10-21(24)27-13-20(23)22-11-15-4-3-5-17(9-15)25-2/h3-9,12H,10-11,13H2,1-2H3,(H,22,23). The second-order valence-electron chi connectivity index (χ2n) is 6.23. The lowest BCUT2D eigenvalue weighted by Crippen LogP contribution is -2.28. The first kappa shape index (κ1) is 18.5. The van der Waals surface area contributed by atoms with E-state index >= 15 is 0 Å². The summed E-state index contributed by atoms with van der Waals surface area (Å²) in [5, 5.41) is 3.59. The van der Waals surface area contributed by atoms with Gasteiger partial charge in [-0.3, -0.25) is 9.59 Å². The molecule has 1 aromatic heterocycles. The molecule has 3 rings (SSSR count). The van der Waals surface area contributed by atoms with Gasteiger partial charge in [0, 0.05) is 17.5 Å². The topological polar surface area (TPSA) is 77.8 Å². The van der Waals surface area contributed by atoms with Crippen LogP contribution < -0.4 is 10.1 Å². The molecule has 1 N–H and O–H groups in total. The summed E-state index contributed by atoms with van der Waals surface area (Å²) >= 11 is 0. The molecule has 0 atom stereocenters. The number of rotatable bonds is 7. The lowest BCUT2D eigenvalue weighted by atomic mass is 10.1. The summed E-state index contributed by atoms with van der Waals surface area (Å²) in [7, 11) is 1.58. The average Bonchev–Trinajstić information content (AvgIpc) is 3.06. The number of hydrogen-bond donors (Lipinski definition) is 1. The molecule has 0 fully saturated rings. The van der Waals surface area contributed by atoms with E-state index in [1.54, 1.807) is 13.4 Å². The van der Waals surface area contributed by atoms with E-state index in [1.807, 2.05) is 49.4 Å². The highest BCUT2D eigenvalue weighted by molar-refractivity contribution is 5.87. The third-order valence-electron chi connectivity index (χ3n) is 4.13. The van der Waals surface area contributed by atoms with E-state index in [2.05, 4.69) is 5.32 Å². The zero-order valence-corrected chi connectivity index (χ0v) is 15.3. The van der Waals surface area contributed by atoms with Crippen molar-refractivity contribution in [1.29, 1.82) is 0 Å². The van der Waals surface area contributed by atoms with Gasteiger partial charge in [0.25, 0.3) is 5.91 Å². The van der Waals surface area contributed by atoms with Crippen LogP contribution in [0.2, 0.25) is 0 Å². The first-order valence-corrected chi connectivity index (χ1v) is 8.57. The SMILES string of the molecule is COc1cccc(CNC(=O)COC(=O)Cc2coc3cc(C)ccc23)c1. The van der Waals surface area contributed by atoms with Gasteiger partial charge in [0.1, 0.15) is 11.3 Å². The smallest absolute Gasteiger partial charge is 0.310 e. The molecule has 1 heterocycles. The van der Waals surface area contributed by atoms with Crippen LogP contribution in [0.5, 0.6) is 5.75 Å². The number of aryl methyl sites for hydroxylation is 1. The maximum atomic E-state index is 12.0. The summed E-state index contributed by atoms with van der Waals surface area (Å²) in [6.07, 6.45) is 1.60. The molecule has 6 nitrogen and oxygen atoms in total. The van der Waals surface area contributed by atoms with Gasteiger partial charge in [0.15, 0.2) is 6.61 Å². The molecule has 0 saturated carbocycles. The van der Waals surface area contributed by atoms with Crippen molar-refractivity contribution in [2.75, 3.05) is 13.7 Å². The quantitative estimate of drug-likeness (QED) is 0.649. The molecule has 140 valence electrons. The van der Waals surface area contributed by atoms with Crippen LogP contribution in [-0.4, -0.2) is 25.6 Å². The van der Waals surface area contributed by atoms with Crippen molar-refractivity contribution < 1.29 is 23.5 Å². The summed E-state index contributed by atoms with van der Waals surface area (Å²) in [4.78, 5) is 23.9. The maximum Gasteiger partial charge on any atom is 0.310 e. The Hall–Kier alpha value is -3.28. The normalized spacial score (nSPS) is 10.6. The van der Waals surface area contributed by atoms with E-state index < -0.39 is 5.97 Å². The Bertz CT molecular complexity index is 960. The van der Waals surface area contributed by atoms with Gasteiger partial charge >= 0.3 is 5.97 Å². The Labute approximate surface area is 157 Å². The van der Waals surface area contributed by atoms with Gasteiger partial charge in [0.2, 0.25) is 0 Å². The van der Waals surface area contributed by atoms with Crippen LogP contribution in [0, 0.1) is 6.92 Å². The molecule has 6 heteroatoms. The Morgan fingerprint density at radius 3 is 2.81 bits per heavy atom. The number of carbonyl (C=O) groups excluding carboxylic acids is 2. The minimum atomic E-state index is -0.477. The fourth-order valence-electron chi connectivity index (χ4n) is 2.71. The molecule has 2 aromatic carbocycles. The first-order valence-electron chi connectivity index (χ1n) is 8.57. The van der Waals surface area contributed by atoms with E-state index in [0.29, 0.717) is 6.54 Å². The molecule has 1 amide bonds. The summed E-state index contributed by atoms with van der Waals surface area (Å²) in [5.41, 5.74) is 3.45. The minimum Gasteiger partial charge on any atom is -0.497 e. The lowest BCUT2D eigenvalue weighted by Gasteiger charge is -2.07. The molecule has 0 radical (unpaired) electrons. The highest BCUT2D eigenvalue weighted by Crippen LogP contribution is 2.22. The van der Waals surface area contributed by atoms with E-state index in [9.17, 15) is 9.59 Å². The number of ether oxygens (including phenoxy) is 2. The number of carbonyl (C=O) groups is 2. The average molecular weight is 367 g/mol. The maximum absolute atomic E-state index is 12.0. The Morgan fingerprint density at radius 2 is 2.00 bits per heavy atom. The highest BCUT2D eigenvalue weighted by Gasteiger charge is 2.13. The van der Waals surface area contributed by atoms with Crippen molar-refractivity contribution in [3.05, 3.63) is 65.4 Å². The van der Waals surface area contributed by atoms with E-state index in [-0.39, 0.29) is 18.9 Å². The number of nitrogens with one attached hydrogen (secondary N) is 1. The molecule has 0 bridgehead atoms. The Kier molecular flexibility index (Phi) is 5.76. The number of amides is 1. The van der Waals surface area contributed by atoms with Crippen LogP contribution in [0.15, 0.2) is 53.1 Å². The van der Waals surface area contributed by atoms with Crippen LogP contribution in [0.25, 0.3) is 11.0 Å².